The summed E-state index contributed by atoms with van der Waals surface area (Å²) in [5.74, 6) is -0.450. The molecule has 1 aromatic carbocycles. The number of amides is 1. The van der Waals surface area contributed by atoms with E-state index >= 15 is 0 Å². The van der Waals surface area contributed by atoms with Gasteiger partial charge in [-0.3, -0.25) is 4.79 Å². The Kier molecular flexibility index (Phi) is 4.53. The van der Waals surface area contributed by atoms with Crippen LogP contribution in [-0.4, -0.2) is 48.4 Å². The van der Waals surface area contributed by atoms with Crippen molar-refractivity contribution < 1.29 is 9.18 Å². The van der Waals surface area contributed by atoms with Gasteiger partial charge in [-0.15, -0.1) is 0 Å². The van der Waals surface area contributed by atoms with Gasteiger partial charge >= 0.3 is 0 Å². The Balaban J connectivity index is 2.00. The Labute approximate surface area is 114 Å². The zero-order chi connectivity index (χ0) is 13.8. The summed E-state index contributed by atoms with van der Waals surface area (Å²) < 4.78 is 13.2. The fourth-order valence-corrected chi connectivity index (χ4v) is 2.61. The number of nitrogens with zero attached hydrogens (tertiary/aromatic N) is 2. The summed E-state index contributed by atoms with van der Waals surface area (Å²) in [6.45, 7) is 5.28. The van der Waals surface area contributed by atoms with Crippen LogP contribution in [0.4, 0.5) is 4.39 Å². The van der Waals surface area contributed by atoms with Gasteiger partial charge in [0, 0.05) is 31.7 Å². The van der Waals surface area contributed by atoms with Crippen LogP contribution < -0.4 is 0 Å². The van der Waals surface area contributed by atoms with Gasteiger partial charge in [0.1, 0.15) is 5.82 Å². The Morgan fingerprint density at radius 1 is 1.42 bits per heavy atom. The molecule has 0 unspecified atom stereocenters. The van der Waals surface area contributed by atoms with Gasteiger partial charge in [0.25, 0.3) is 5.91 Å². The second-order valence-corrected chi connectivity index (χ2v) is 5.09. The van der Waals surface area contributed by atoms with Crippen molar-refractivity contribution in [2.75, 3.05) is 26.7 Å². The van der Waals surface area contributed by atoms with Crippen LogP contribution in [0, 0.1) is 5.82 Å². The van der Waals surface area contributed by atoms with Gasteiger partial charge in [-0.05, 0) is 37.6 Å². The van der Waals surface area contributed by atoms with Gasteiger partial charge < -0.3 is 9.80 Å². The van der Waals surface area contributed by atoms with Crippen LogP contribution in [-0.2, 0) is 0 Å². The second-order valence-electron chi connectivity index (χ2n) is 5.09. The number of benzene rings is 1. The molecule has 0 saturated carbocycles. The fraction of sp³-hybridized carbons (Fsp3) is 0.533. The number of halogens is 1. The summed E-state index contributed by atoms with van der Waals surface area (Å²) in [5.41, 5.74) is 0.431. The van der Waals surface area contributed by atoms with E-state index in [0.717, 1.165) is 32.5 Å². The van der Waals surface area contributed by atoms with Crippen LogP contribution in [0.15, 0.2) is 24.3 Å². The Morgan fingerprint density at radius 3 is 2.68 bits per heavy atom. The minimum absolute atomic E-state index is 0.0885. The number of carbonyl (C=O) groups excluding carboxylic acids is 1. The lowest BCUT2D eigenvalue weighted by Crippen LogP contribution is -2.45. The average Bonchev–Trinajstić information content (AvgIpc) is 2.46. The van der Waals surface area contributed by atoms with Crippen molar-refractivity contribution >= 4 is 5.91 Å². The first-order valence-electron chi connectivity index (χ1n) is 6.87. The Bertz CT molecular complexity index is 442. The molecule has 0 bridgehead atoms. The van der Waals surface area contributed by atoms with Crippen molar-refractivity contribution in [3.8, 4) is 0 Å². The van der Waals surface area contributed by atoms with Gasteiger partial charge in [-0.25, -0.2) is 4.39 Å². The number of piperidine rings is 1. The predicted molar refractivity (Wildman–Crippen MR) is 73.6 cm³/mol. The molecule has 1 aliphatic rings. The van der Waals surface area contributed by atoms with Crippen LogP contribution in [0.25, 0.3) is 0 Å². The van der Waals surface area contributed by atoms with Crippen LogP contribution in [0.5, 0.6) is 0 Å². The zero-order valence-electron chi connectivity index (χ0n) is 11.6. The molecule has 1 saturated heterocycles. The zero-order valence-corrected chi connectivity index (χ0v) is 11.6. The molecule has 1 fully saturated rings. The van der Waals surface area contributed by atoms with E-state index in [2.05, 4.69) is 11.8 Å². The number of hydrogen-bond donors (Lipinski definition) is 0. The molecular formula is C15H21FN2O. The predicted octanol–water partition coefficient (Wildman–Crippen LogP) is 2.38. The van der Waals surface area contributed by atoms with E-state index in [-0.39, 0.29) is 17.8 Å². The van der Waals surface area contributed by atoms with Crippen molar-refractivity contribution in [3.63, 3.8) is 0 Å². The monoisotopic (exact) mass is 264 g/mol. The largest absolute Gasteiger partial charge is 0.339 e. The Hall–Kier alpha value is -1.42. The second kappa shape index (κ2) is 6.15. The van der Waals surface area contributed by atoms with Crippen molar-refractivity contribution in [3.05, 3.63) is 35.6 Å². The molecule has 104 valence electrons. The Morgan fingerprint density at radius 2 is 2.11 bits per heavy atom. The summed E-state index contributed by atoms with van der Waals surface area (Å²) in [5, 5.41) is 0. The highest BCUT2D eigenvalue weighted by atomic mass is 19.1. The number of hydrogen-bond acceptors (Lipinski definition) is 2. The van der Waals surface area contributed by atoms with Gasteiger partial charge in [0.15, 0.2) is 0 Å². The highest BCUT2D eigenvalue weighted by molar-refractivity contribution is 5.94. The molecule has 0 radical (unpaired) electrons. The molecular weight excluding hydrogens is 243 g/mol. The van der Waals surface area contributed by atoms with Gasteiger partial charge in [-0.2, -0.15) is 0 Å². The summed E-state index contributed by atoms with van der Waals surface area (Å²) in [6, 6.07) is 6.17. The molecule has 3 nitrogen and oxygen atoms in total. The highest BCUT2D eigenvalue weighted by Gasteiger charge is 2.25. The lowest BCUT2D eigenvalue weighted by molar-refractivity contribution is 0.0646. The molecule has 1 amide bonds. The number of likely N-dealkylation sites (tertiary alicyclic amines) is 1. The van der Waals surface area contributed by atoms with E-state index < -0.39 is 0 Å². The normalized spacial score (nSPS) is 17.4. The maximum Gasteiger partial charge on any atom is 0.253 e. The summed E-state index contributed by atoms with van der Waals surface area (Å²) in [4.78, 5) is 16.4. The third kappa shape index (κ3) is 3.32. The maximum atomic E-state index is 13.2. The first-order chi connectivity index (χ1) is 9.11. The molecule has 4 heteroatoms. The topological polar surface area (TPSA) is 23.6 Å². The van der Waals surface area contributed by atoms with Crippen molar-refractivity contribution in [1.82, 2.24) is 9.80 Å². The number of carbonyl (C=O) groups is 1. The summed E-state index contributed by atoms with van der Waals surface area (Å²) in [6.07, 6.45) is 1.98. The van der Waals surface area contributed by atoms with Crippen LogP contribution in [0.1, 0.15) is 30.1 Å². The molecule has 0 atom stereocenters. The lowest BCUT2D eigenvalue weighted by Gasteiger charge is -2.36. The molecule has 1 aliphatic heterocycles. The molecule has 0 aliphatic carbocycles. The third-order valence-corrected chi connectivity index (χ3v) is 3.94. The van der Waals surface area contributed by atoms with Crippen LogP contribution >= 0.6 is 0 Å². The molecule has 2 rings (SSSR count). The van der Waals surface area contributed by atoms with Crippen molar-refractivity contribution in [2.45, 2.75) is 25.8 Å². The minimum atomic E-state index is -0.361. The summed E-state index contributed by atoms with van der Waals surface area (Å²) >= 11 is 0. The van der Waals surface area contributed by atoms with E-state index in [0.29, 0.717) is 5.56 Å². The highest BCUT2D eigenvalue weighted by Crippen LogP contribution is 2.17. The molecule has 1 aromatic rings. The minimum Gasteiger partial charge on any atom is -0.339 e. The molecule has 0 N–H and O–H groups in total. The maximum absolute atomic E-state index is 13.2. The quantitative estimate of drug-likeness (QED) is 0.837. The van der Waals surface area contributed by atoms with Crippen LogP contribution in [0.2, 0.25) is 0 Å². The lowest BCUT2D eigenvalue weighted by atomic mass is 10.0. The molecule has 19 heavy (non-hydrogen) atoms. The first-order valence-corrected chi connectivity index (χ1v) is 6.87. The van der Waals surface area contributed by atoms with E-state index in [9.17, 15) is 9.18 Å². The van der Waals surface area contributed by atoms with Crippen molar-refractivity contribution in [2.24, 2.45) is 0 Å². The van der Waals surface area contributed by atoms with E-state index in [1.807, 2.05) is 7.05 Å². The smallest absolute Gasteiger partial charge is 0.253 e. The van der Waals surface area contributed by atoms with E-state index in [1.54, 1.807) is 17.0 Å². The van der Waals surface area contributed by atoms with Crippen molar-refractivity contribution in [1.29, 1.82) is 0 Å². The standard InChI is InChI=1S/C15H21FN2O/c1-3-18-9-7-14(8-10-18)17(2)15(19)12-5-4-6-13(16)11-12/h4-6,11,14H,3,7-10H2,1-2H3. The molecule has 0 aromatic heterocycles. The number of rotatable bonds is 3. The van der Waals surface area contributed by atoms with Crippen LogP contribution in [0.3, 0.4) is 0 Å². The third-order valence-electron chi connectivity index (χ3n) is 3.94. The first kappa shape index (κ1) is 14.0. The van der Waals surface area contributed by atoms with Gasteiger partial charge in [0.05, 0.1) is 0 Å². The molecule has 1 heterocycles. The molecule has 0 spiro atoms. The average molecular weight is 264 g/mol. The van der Waals surface area contributed by atoms with Gasteiger partial charge in [-0.1, -0.05) is 13.0 Å². The SMILES string of the molecule is CCN1CCC(N(C)C(=O)c2cccc(F)c2)CC1. The van der Waals surface area contributed by atoms with Gasteiger partial charge in [0.2, 0.25) is 0 Å². The van der Waals surface area contributed by atoms with E-state index in [4.69, 9.17) is 0 Å². The van der Waals surface area contributed by atoms with E-state index in [1.165, 1.54) is 12.1 Å². The fourth-order valence-electron chi connectivity index (χ4n) is 2.61. The summed E-state index contributed by atoms with van der Waals surface area (Å²) in [7, 11) is 1.82.